The van der Waals surface area contributed by atoms with E-state index >= 15 is 0 Å². The van der Waals surface area contributed by atoms with Crippen LogP contribution in [-0.2, 0) is 17.6 Å². The van der Waals surface area contributed by atoms with Crippen LogP contribution in [0.5, 0.6) is 0 Å². The predicted octanol–water partition coefficient (Wildman–Crippen LogP) is 5.78. The minimum atomic E-state index is -0.341. The molecule has 1 atom stereocenters. The number of thiophene rings is 1. The Morgan fingerprint density at radius 3 is 2.81 bits per heavy atom. The lowest BCUT2D eigenvalue weighted by Crippen LogP contribution is -2.20. The molecule has 0 aliphatic heterocycles. The van der Waals surface area contributed by atoms with E-state index in [-0.39, 0.29) is 5.97 Å². The van der Waals surface area contributed by atoms with E-state index in [1.807, 2.05) is 0 Å². The molecule has 1 aliphatic rings. The van der Waals surface area contributed by atoms with E-state index in [1.54, 1.807) is 29.5 Å². The van der Waals surface area contributed by atoms with Gasteiger partial charge in [-0.1, -0.05) is 30.1 Å². The average molecular weight is 429 g/mol. The summed E-state index contributed by atoms with van der Waals surface area (Å²) in [7, 11) is 1.39. The van der Waals surface area contributed by atoms with Gasteiger partial charge in [0.1, 0.15) is 5.00 Å². The number of hydrogen-bond donors (Lipinski definition) is 2. The molecule has 2 N–H and O–H groups in total. The number of benzene rings is 1. The quantitative estimate of drug-likeness (QED) is 0.479. The summed E-state index contributed by atoms with van der Waals surface area (Å²) in [5, 5.41) is 8.25. The highest BCUT2D eigenvalue weighted by Crippen LogP contribution is 2.40. The second kappa shape index (κ2) is 8.13. The number of carbonyl (C=O) groups is 1. The Morgan fingerprint density at radius 1 is 1.35 bits per heavy atom. The van der Waals surface area contributed by atoms with Crippen molar-refractivity contribution in [2.24, 2.45) is 5.92 Å². The van der Waals surface area contributed by atoms with Crippen LogP contribution in [0.4, 0.5) is 10.7 Å². The number of nitrogens with one attached hydrogen (secondary N) is 2. The molecular weight excluding hydrogens is 411 g/mol. The monoisotopic (exact) mass is 428 g/mol. The van der Waals surface area contributed by atoms with Gasteiger partial charge in [-0.2, -0.15) is 0 Å². The Hall–Kier alpha value is -1.34. The largest absolute Gasteiger partial charge is 0.465 e. The average Bonchev–Trinajstić information content (AvgIpc) is 2.93. The maximum absolute atomic E-state index is 12.3. The highest BCUT2D eigenvalue weighted by Gasteiger charge is 2.28. The van der Waals surface area contributed by atoms with Crippen LogP contribution in [0.1, 0.15) is 34.1 Å². The van der Waals surface area contributed by atoms with Gasteiger partial charge < -0.3 is 15.4 Å². The van der Waals surface area contributed by atoms with Crippen molar-refractivity contribution in [2.75, 3.05) is 17.7 Å². The summed E-state index contributed by atoms with van der Waals surface area (Å²) in [6.45, 7) is 2.22. The number of hydrogen-bond acceptors (Lipinski definition) is 4. The van der Waals surface area contributed by atoms with Crippen LogP contribution in [-0.4, -0.2) is 18.2 Å². The summed E-state index contributed by atoms with van der Waals surface area (Å²) in [6, 6.07) is 5.11. The summed E-state index contributed by atoms with van der Waals surface area (Å²) >= 11 is 19.0. The van der Waals surface area contributed by atoms with E-state index in [0.717, 1.165) is 24.8 Å². The first-order valence-corrected chi connectivity index (χ1v) is 10.1. The highest BCUT2D eigenvalue weighted by molar-refractivity contribution is 7.80. The number of rotatable bonds is 3. The molecule has 1 unspecified atom stereocenters. The van der Waals surface area contributed by atoms with Gasteiger partial charge in [0.05, 0.1) is 23.4 Å². The summed E-state index contributed by atoms with van der Waals surface area (Å²) in [4.78, 5) is 13.5. The molecule has 0 saturated heterocycles. The molecule has 26 heavy (non-hydrogen) atoms. The number of esters is 1. The summed E-state index contributed by atoms with van der Waals surface area (Å²) < 4.78 is 4.99. The second-order valence-electron chi connectivity index (χ2n) is 6.25. The highest BCUT2D eigenvalue weighted by atomic mass is 35.5. The Kier molecular flexibility index (Phi) is 6.07. The molecule has 0 fully saturated rings. The molecule has 4 nitrogen and oxygen atoms in total. The van der Waals surface area contributed by atoms with Crippen molar-refractivity contribution in [1.82, 2.24) is 0 Å². The van der Waals surface area contributed by atoms with Crippen LogP contribution in [0.2, 0.25) is 10.0 Å². The molecule has 0 bridgehead atoms. The topological polar surface area (TPSA) is 50.4 Å². The standard InChI is InChI=1S/C18H18Cl2N2O2S2/c1-9-3-5-11-14(7-9)26-16(15(11)17(23)24-2)22-18(25)21-13-6-4-10(19)8-12(13)20/h4,6,8-9H,3,5,7H2,1-2H3,(H2,21,22,25). The van der Waals surface area contributed by atoms with Crippen LogP contribution >= 0.6 is 46.8 Å². The predicted molar refractivity (Wildman–Crippen MR) is 113 cm³/mol. The first kappa shape index (κ1) is 19.4. The van der Waals surface area contributed by atoms with Gasteiger partial charge in [0.2, 0.25) is 0 Å². The van der Waals surface area contributed by atoms with Crippen molar-refractivity contribution >= 4 is 68.5 Å². The molecule has 1 heterocycles. The lowest BCUT2D eigenvalue weighted by molar-refractivity contribution is 0.0601. The van der Waals surface area contributed by atoms with Crippen molar-refractivity contribution in [2.45, 2.75) is 26.2 Å². The zero-order valence-electron chi connectivity index (χ0n) is 14.3. The fourth-order valence-electron chi connectivity index (χ4n) is 3.00. The second-order valence-corrected chi connectivity index (χ2v) is 8.61. The van der Waals surface area contributed by atoms with Gasteiger partial charge in [-0.25, -0.2) is 4.79 Å². The van der Waals surface area contributed by atoms with Crippen molar-refractivity contribution in [3.8, 4) is 0 Å². The molecule has 0 spiro atoms. The fourth-order valence-corrected chi connectivity index (χ4v) is 5.14. The van der Waals surface area contributed by atoms with Crippen molar-refractivity contribution in [1.29, 1.82) is 0 Å². The van der Waals surface area contributed by atoms with E-state index in [4.69, 9.17) is 40.2 Å². The van der Waals surface area contributed by atoms with Gasteiger partial charge in [-0.15, -0.1) is 11.3 Å². The molecule has 0 radical (unpaired) electrons. The number of fused-ring (bicyclic) bond motifs is 1. The summed E-state index contributed by atoms with van der Waals surface area (Å²) in [5.41, 5.74) is 2.31. The smallest absolute Gasteiger partial charge is 0.341 e. The van der Waals surface area contributed by atoms with Crippen molar-refractivity contribution in [3.63, 3.8) is 0 Å². The third kappa shape index (κ3) is 4.14. The third-order valence-corrected chi connectivity index (χ3v) is 6.23. The minimum absolute atomic E-state index is 0.341. The molecule has 0 saturated carbocycles. The van der Waals surface area contributed by atoms with Gasteiger partial charge in [-0.05, 0) is 61.2 Å². The number of thiocarbonyl (C=S) groups is 1. The maximum Gasteiger partial charge on any atom is 0.341 e. The number of methoxy groups -OCH3 is 1. The molecule has 1 aromatic heterocycles. The molecule has 1 aromatic carbocycles. The van der Waals surface area contributed by atoms with Gasteiger partial charge in [0, 0.05) is 9.90 Å². The van der Waals surface area contributed by atoms with Crippen molar-refractivity contribution < 1.29 is 9.53 Å². The number of ether oxygens (including phenoxy) is 1. The van der Waals surface area contributed by atoms with Crippen LogP contribution in [0, 0.1) is 5.92 Å². The molecule has 138 valence electrons. The zero-order chi connectivity index (χ0) is 18.8. The van der Waals surface area contributed by atoms with E-state index in [0.29, 0.717) is 37.3 Å². The van der Waals surface area contributed by atoms with E-state index < -0.39 is 0 Å². The third-order valence-electron chi connectivity index (χ3n) is 4.31. The summed E-state index contributed by atoms with van der Waals surface area (Å²) in [6.07, 6.45) is 2.91. The molecule has 3 rings (SSSR count). The Morgan fingerprint density at radius 2 is 2.12 bits per heavy atom. The van der Waals surface area contributed by atoms with Gasteiger partial charge in [0.15, 0.2) is 5.11 Å². The maximum atomic E-state index is 12.3. The van der Waals surface area contributed by atoms with Gasteiger partial charge >= 0.3 is 5.97 Å². The SMILES string of the molecule is COC(=O)c1c(NC(=S)Nc2ccc(Cl)cc2Cl)sc2c1CCC(C)C2. The lowest BCUT2D eigenvalue weighted by atomic mass is 9.88. The van der Waals surface area contributed by atoms with E-state index in [2.05, 4.69) is 17.6 Å². The first-order chi connectivity index (χ1) is 12.4. The first-order valence-electron chi connectivity index (χ1n) is 8.15. The Bertz CT molecular complexity index is 867. The molecule has 0 amide bonds. The lowest BCUT2D eigenvalue weighted by Gasteiger charge is -2.18. The van der Waals surface area contributed by atoms with E-state index in [1.165, 1.54) is 12.0 Å². The molecule has 2 aromatic rings. The number of halogens is 2. The normalized spacial score (nSPS) is 15.9. The zero-order valence-corrected chi connectivity index (χ0v) is 17.5. The van der Waals surface area contributed by atoms with Crippen LogP contribution in [0.3, 0.4) is 0 Å². The van der Waals surface area contributed by atoms with Gasteiger partial charge in [-0.3, -0.25) is 0 Å². The van der Waals surface area contributed by atoms with Crippen LogP contribution < -0.4 is 10.6 Å². The number of anilines is 2. The minimum Gasteiger partial charge on any atom is -0.465 e. The number of carbonyl (C=O) groups excluding carboxylic acids is 1. The molecular formula is C18H18Cl2N2O2S2. The summed E-state index contributed by atoms with van der Waals surface area (Å²) in [5.74, 6) is 0.268. The Balaban J connectivity index is 1.84. The van der Waals surface area contributed by atoms with Crippen molar-refractivity contribution in [3.05, 3.63) is 44.2 Å². The van der Waals surface area contributed by atoms with E-state index in [9.17, 15) is 4.79 Å². The molecule has 8 heteroatoms. The van der Waals surface area contributed by atoms with Crippen LogP contribution in [0.15, 0.2) is 18.2 Å². The van der Waals surface area contributed by atoms with Crippen LogP contribution in [0.25, 0.3) is 0 Å². The Labute approximate surface area is 171 Å². The van der Waals surface area contributed by atoms with Gasteiger partial charge in [0.25, 0.3) is 0 Å². The molecule has 1 aliphatic carbocycles. The fraction of sp³-hybridized carbons (Fsp3) is 0.333.